The molecule has 0 unspecified atom stereocenters. The van der Waals surface area contributed by atoms with Crippen molar-refractivity contribution in [3.63, 3.8) is 0 Å². The van der Waals surface area contributed by atoms with Gasteiger partial charge < -0.3 is 19.7 Å². The van der Waals surface area contributed by atoms with Crippen molar-refractivity contribution in [2.24, 2.45) is 0 Å². The highest BCUT2D eigenvalue weighted by atomic mass is 19.1. The summed E-state index contributed by atoms with van der Waals surface area (Å²) in [7, 11) is 0. The molecule has 2 amide bonds. The molecule has 7 heteroatoms. The predicted octanol–water partition coefficient (Wildman–Crippen LogP) is 2.94. The summed E-state index contributed by atoms with van der Waals surface area (Å²) in [6.45, 7) is 3.87. The van der Waals surface area contributed by atoms with Crippen molar-refractivity contribution in [1.82, 2.24) is 15.2 Å². The molecule has 0 radical (unpaired) electrons. The van der Waals surface area contributed by atoms with Gasteiger partial charge in [0.1, 0.15) is 11.6 Å². The van der Waals surface area contributed by atoms with E-state index < -0.39 is 0 Å². The molecule has 1 aliphatic rings. The molecule has 2 aromatic rings. The summed E-state index contributed by atoms with van der Waals surface area (Å²) in [5.41, 5.74) is 0.710. The lowest BCUT2D eigenvalue weighted by Crippen LogP contribution is -2.48. The molecule has 1 aromatic heterocycles. The van der Waals surface area contributed by atoms with Crippen LogP contribution in [-0.2, 0) is 11.3 Å². The first-order valence-electron chi connectivity index (χ1n) is 8.13. The van der Waals surface area contributed by atoms with Crippen LogP contribution in [-0.4, -0.2) is 41.7 Å². The van der Waals surface area contributed by atoms with Gasteiger partial charge in [-0.3, -0.25) is 0 Å². The zero-order valence-corrected chi connectivity index (χ0v) is 13.9. The molecular formula is C18H20FN3O3. The van der Waals surface area contributed by atoms with E-state index in [0.29, 0.717) is 36.9 Å². The Morgan fingerprint density at radius 2 is 2.32 bits per heavy atom. The van der Waals surface area contributed by atoms with Gasteiger partial charge in [0.15, 0.2) is 0 Å². The highest BCUT2D eigenvalue weighted by Crippen LogP contribution is 2.23. The van der Waals surface area contributed by atoms with Gasteiger partial charge >= 0.3 is 6.03 Å². The number of benzene rings is 1. The van der Waals surface area contributed by atoms with Gasteiger partial charge in [-0.15, -0.1) is 0 Å². The molecule has 2 heterocycles. The summed E-state index contributed by atoms with van der Waals surface area (Å²) >= 11 is 0. The number of amides is 2. The van der Waals surface area contributed by atoms with Gasteiger partial charge in [0, 0.05) is 37.5 Å². The number of halogens is 1. The molecule has 1 atom stereocenters. The van der Waals surface area contributed by atoms with Gasteiger partial charge in [-0.1, -0.05) is 12.1 Å². The molecule has 25 heavy (non-hydrogen) atoms. The average molecular weight is 345 g/mol. The largest absolute Gasteiger partial charge is 0.439 e. The summed E-state index contributed by atoms with van der Waals surface area (Å²) in [4.78, 5) is 18.2. The average Bonchev–Trinajstić information content (AvgIpc) is 2.61. The number of hydrogen-bond donors (Lipinski definition) is 1. The SMILES string of the molecule is C[C@H]1CN(C(=O)NCc2cccnc2Oc2cccc(F)c2)CCO1. The maximum Gasteiger partial charge on any atom is 0.317 e. The van der Waals surface area contributed by atoms with E-state index >= 15 is 0 Å². The van der Waals surface area contributed by atoms with Gasteiger partial charge in [0.25, 0.3) is 0 Å². The quantitative estimate of drug-likeness (QED) is 0.925. The predicted molar refractivity (Wildman–Crippen MR) is 89.9 cm³/mol. The number of nitrogens with zero attached hydrogens (tertiary/aromatic N) is 2. The minimum absolute atomic E-state index is 0.0322. The molecule has 0 spiro atoms. The van der Waals surface area contributed by atoms with Crippen LogP contribution in [0.1, 0.15) is 12.5 Å². The molecule has 6 nitrogen and oxygen atoms in total. The standard InChI is InChI=1S/C18H20FN3O3/c1-13-12-22(8-9-24-13)18(23)21-11-14-4-3-7-20-17(14)25-16-6-2-5-15(19)10-16/h2-7,10,13H,8-9,11-12H2,1H3,(H,21,23)/t13-/m0/s1. The summed E-state index contributed by atoms with van der Waals surface area (Å²) < 4.78 is 24.4. The number of hydrogen-bond acceptors (Lipinski definition) is 4. The van der Waals surface area contributed by atoms with Gasteiger partial charge in [-0.25, -0.2) is 14.2 Å². The lowest BCUT2D eigenvalue weighted by atomic mass is 10.2. The molecule has 1 aromatic carbocycles. The fourth-order valence-corrected chi connectivity index (χ4v) is 2.58. The first kappa shape index (κ1) is 17.2. The maximum atomic E-state index is 13.3. The number of pyridine rings is 1. The molecule has 0 bridgehead atoms. The second-order valence-corrected chi connectivity index (χ2v) is 5.81. The van der Waals surface area contributed by atoms with Crippen molar-refractivity contribution >= 4 is 6.03 Å². The van der Waals surface area contributed by atoms with Crippen LogP contribution in [0.4, 0.5) is 9.18 Å². The summed E-state index contributed by atoms with van der Waals surface area (Å²) in [6, 6.07) is 9.25. The first-order chi connectivity index (χ1) is 12.1. The van der Waals surface area contributed by atoms with Crippen LogP contribution < -0.4 is 10.1 Å². The number of rotatable bonds is 4. The van der Waals surface area contributed by atoms with E-state index in [4.69, 9.17) is 9.47 Å². The number of morpholine rings is 1. The Kier molecular flexibility index (Phi) is 5.45. The van der Waals surface area contributed by atoms with Crippen LogP contribution in [0.5, 0.6) is 11.6 Å². The highest BCUT2D eigenvalue weighted by molar-refractivity contribution is 5.74. The van der Waals surface area contributed by atoms with Crippen LogP contribution in [0.15, 0.2) is 42.6 Å². The second-order valence-electron chi connectivity index (χ2n) is 5.81. The summed E-state index contributed by atoms with van der Waals surface area (Å²) in [6.07, 6.45) is 1.62. The number of carbonyl (C=O) groups is 1. The number of aromatic nitrogens is 1. The van der Waals surface area contributed by atoms with E-state index in [1.165, 1.54) is 12.1 Å². The van der Waals surface area contributed by atoms with Crippen molar-refractivity contribution in [2.75, 3.05) is 19.7 Å². The molecule has 0 saturated carbocycles. The van der Waals surface area contributed by atoms with E-state index in [0.717, 1.165) is 0 Å². The normalized spacial score (nSPS) is 17.2. The lowest BCUT2D eigenvalue weighted by molar-refractivity contribution is -0.00352. The fourth-order valence-electron chi connectivity index (χ4n) is 2.58. The number of carbonyl (C=O) groups excluding carboxylic acids is 1. The molecule has 3 rings (SSSR count). The van der Waals surface area contributed by atoms with Gasteiger partial charge in [-0.05, 0) is 25.1 Å². The topological polar surface area (TPSA) is 63.7 Å². The number of ether oxygens (including phenoxy) is 2. The van der Waals surface area contributed by atoms with Crippen LogP contribution in [0.3, 0.4) is 0 Å². The third-order valence-electron chi connectivity index (χ3n) is 3.82. The fraction of sp³-hybridized carbons (Fsp3) is 0.333. The van der Waals surface area contributed by atoms with E-state index in [9.17, 15) is 9.18 Å². The Morgan fingerprint density at radius 1 is 1.44 bits per heavy atom. The molecule has 1 aliphatic heterocycles. The first-order valence-corrected chi connectivity index (χ1v) is 8.13. The Morgan fingerprint density at radius 3 is 3.12 bits per heavy atom. The van der Waals surface area contributed by atoms with Crippen LogP contribution in [0.2, 0.25) is 0 Å². The molecular weight excluding hydrogens is 325 g/mol. The number of nitrogens with one attached hydrogen (secondary N) is 1. The minimum atomic E-state index is -0.385. The summed E-state index contributed by atoms with van der Waals surface area (Å²) in [5.74, 6) is 0.307. The Balaban J connectivity index is 1.63. The van der Waals surface area contributed by atoms with Crippen molar-refractivity contribution in [3.05, 3.63) is 54.0 Å². The zero-order chi connectivity index (χ0) is 17.6. The van der Waals surface area contributed by atoms with Crippen LogP contribution >= 0.6 is 0 Å². The van der Waals surface area contributed by atoms with Crippen molar-refractivity contribution in [1.29, 1.82) is 0 Å². The van der Waals surface area contributed by atoms with Crippen molar-refractivity contribution < 1.29 is 18.7 Å². The van der Waals surface area contributed by atoms with E-state index in [1.807, 2.05) is 13.0 Å². The van der Waals surface area contributed by atoms with Gasteiger partial charge in [-0.2, -0.15) is 0 Å². The Hall–Kier alpha value is -2.67. The number of urea groups is 1. The smallest absolute Gasteiger partial charge is 0.317 e. The Labute approximate surface area is 145 Å². The zero-order valence-electron chi connectivity index (χ0n) is 13.9. The highest BCUT2D eigenvalue weighted by Gasteiger charge is 2.21. The van der Waals surface area contributed by atoms with Crippen molar-refractivity contribution in [3.8, 4) is 11.6 Å². The second kappa shape index (κ2) is 7.94. The van der Waals surface area contributed by atoms with Gasteiger partial charge in [0.05, 0.1) is 12.7 Å². The third-order valence-corrected chi connectivity index (χ3v) is 3.82. The molecule has 1 N–H and O–H groups in total. The van der Waals surface area contributed by atoms with Crippen LogP contribution in [0.25, 0.3) is 0 Å². The van der Waals surface area contributed by atoms with Gasteiger partial charge in [0.2, 0.25) is 5.88 Å². The third kappa shape index (κ3) is 4.67. The minimum Gasteiger partial charge on any atom is -0.439 e. The van der Waals surface area contributed by atoms with E-state index in [-0.39, 0.29) is 24.5 Å². The lowest BCUT2D eigenvalue weighted by Gasteiger charge is -2.31. The molecule has 132 valence electrons. The monoisotopic (exact) mass is 345 g/mol. The molecule has 0 aliphatic carbocycles. The van der Waals surface area contributed by atoms with Crippen LogP contribution in [0, 0.1) is 5.82 Å². The maximum absolute atomic E-state index is 13.3. The van der Waals surface area contributed by atoms with E-state index in [2.05, 4.69) is 10.3 Å². The van der Waals surface area contributed by atoms with Crippen molar-refractivity contribution in [2.45, 2.75) is 19.6 Å². The molecule has 1 saturated heterocycles. The molecule has 1 fully saturated rings. The summed E-state index contributed by atoms with van der Waals surface area (Å²) in [5, 5.41) is 2.86. The Bertz CT molecular complexity index is 741. The van der Waals surface area contributed by atoms with E-state index in [1.54, 1.807) is 29.3 Å².